The Hall–Kier alpha value is -2.49. The molecule has 1 amide bonds. The number of carbonyl (C=O) groups excluding carboxylic acids is 1. The molecule has 0 aliphatic carbocycles. The van der Waals surface area contributed by atoms with Gasteiger partial charge < -0.3 is 25.4 Å². The van der Waals surface area contributed by atoms with Crippen LogP contribution in [0.5, 0.6) is 11.5 Å². The third-order valence-corrected chi connectivity index (χ3v) is 4.03. The van der Waals surface area contributed by atoms with Gasteiger partial charge in [0, 0.05) is 13.1 Å². The molecule has 0 heterocycles. The number of rotatable bonds is 11. The van der Waals surface area contributed by atoms with E-state index in [-0.39, 0.29) is 36.4 Å². The third-order valence-electron chi connectivity index (χ3n) is 4.03. The maximum absolute atomic E-state index is 12.0. The minimum atomic E-state index is -0.104. The van der Waals surface area contributed by atoms with Gasteiger partial charge in [0.15, 0.2) is 5.96 Å². The molecule has 3 N–H and O–H groups in total. The van der Waals surface area contributed by atoms with Crippen molar-refractivity contribution in [2.75, 3.05) is 39.9 Å². The molecule has 2 aromatic carbocycles. The summed E-state index contributed by atoms with van der Waals surface area (Å²) in [6.07, 6.45) is 0.803. The monoisotopic (exact) mass is 526 g/mol. The lowest BCUT2D eigenvalue weighted by Crippen LogP contribution is -2.40. The van der Waals surface area contributed by atoms with Crippen LogP contribution in [0, 0.1) is 0 Å². The van der Waals surface area contributed by atoms with E-state index in [9.17, 15) is 4.79 Å². The highest BCUT2D eigenvalue weighted by Crippen LogP contribution is 2.16. The summed E-state index contributed by atoms with van der Waals surface area (Å²) in [4.78, 5) is 16.3. The lowest BCUT2D eigenvalue weighted by Gasteiger charge is -2.12. The highest BCUT2D eigenvalue weighted by molar-refractivity contribution is 14.0. The predicted octanol–water partition coefficient (Wildman–Crippen LogP) is 2.61. The van der Waals surface area contributed by atoms with Crippen molar-refractivity contribution in [2.45, 2.75) is 13.3 Å². The third kappa shape index (κ3) is 10.3. The van der Waals surface area contributed by atoms with E-state index in [0.29, 0.717) is 32.2 Å². The van der Waals surface area contributed by atoms with E-state index in [4.69, 9.17) is 9.47 Å². The number of nitrogens with zero attached hydrogens (tertiary/aromatic N) is 1. The second-order valence-electron chi connectivity index (χ2n) is 6.23. The molecule has 2 rings (SSSR count). The molecule has 0 spiro atoms. The normalized spacial score (nSPS) is 10.5. The SMILES string of the molecule is CCNC(=NCC(=O)NCCc1ccccc1)NCCOc1ccc(OC)cc1.I. The molecule has 0 radical (unpaired) electrons. The number of amides is 1. The van der Waals surface area contributed by atoms with Crippen LogP contribution < -0.4 is 25.4 Å². The van der Waals surface area contributed by atoms with Gasteiger partial charge in [-0.1, -0.05) is 30.3 Å². The molecule has 2 aromatic rings. The van der Waals surface area contributed by atoms with Gasteiger partial charge in [0.25, 0.3) is 0 Å². The molecule has 0 fully saturated rings. The van der Waals surface area contributed by atoms with Crippen LogP contribution in [0.3, 0.4) is 0 Å². The first-order valence-corrected chi connectivity index (χ1v) is 9.81. The average Bonchev–Trinajstić information content (AvgIpc) is 2.76. The van der Waals surface area contributed by atoms with Gasteiger partial charge in [0.1, 0.15) is 24.7 Å². The maximum Gasteiger partial charge on any atom is 0.241 e. The van der Waals surface area contributed by atoms with Gasteiger partial charge in [-0.05, 0) is 43.2 Å². The van der Waals surface area contributed by atoms with Crippen molar-refractivity contribution in [3.63, 3.8) is 0 Å². The number of hydrogen-bond donors (Lipinski definition) is 3. The van der Waals surface area contributed by atoms with E-state index in [1.807, 2.05) is 61.5 Å². The fourth-order valence-corrected chi connectivity index (χ4v) is 2.55. The van der Waals surface area contributed by atoms with Gasteiger partial charge in [-0.2, -0.15) is 0 Å². The van der Waals surface area contributed by atoms with E-state index < -0.39 is 0 Å². The molecule has 0 aliphatic rings. The second kappa shape index (κ2) is 15.4. The van der Waals surface area contributed by atoms with Crippen LogP contribution in [-0.2, 0) is 11.2 Å². The molecule has 0 aromatic heterocycles. The summed E-state index contributed by atoms with van der Waals surface area (Å²) in [7, 11) is 1.63. The molecular formula is C22H31IN4O3. The molecule has 0 atom stereocenters. The number of benzene rings is 2. The fraction of sp³-hybridized carbons (Fsp3) is 0.364. The summed E-state index contributed by atoms with van der Waals surface area (Å²) in [6, 6.07) is 17.5. The standard InChI is InChI=1S/C22H30N4O3.HI/c1-3-23-22(25-15-16-29-20-11-9-19(28-2)10-12-20)26-17-21(27)24-14-13-18-7-5-4-6-8-18;/h4-12H,3,13-17H2,1-2H3,(H,24,27)(H2,23,25,26);1H. The number of carbonyl (C=O) groups is 1. The van der Waals surface area contributed by atoms with Crippen LogP contribution >= 0.6 is 24.0 Å². The Balaban J connectivity index is 0.00000450. The van der Waals surface area contributed by atoms with E-state index in [1.165, 1.54) is 5.56 Å². The molecule has 0 saturated carbocycles. The summed E-state index contributed by atoms with van der Waals surface area (Å²) >= 11 is 0. The number of guanidine groups is 1. The zero-order chi connectivity index (χ0) is 20.7. The van der Waals surface area contributed by atoms with Crippen LogP contribution in [0.2, 0.25) is 0 Å². The molecular weight excluding hydrogens is 495 g/mol. The number of halogens is 1. The highest BCUT2D eigenvalue weighted by Gasteiger charge is 2.02. The predicted molar refractivity (Wildman–Crippen MR) is 131 cm³/mol. The van der Waals surface area contributed by atoms with Gasteiger partial charge >= 0.3 is 0 Å². The van der Waals surface area contributed by atoms with E-state index >= 15 is 0 Å². The molecule has 7 nitrogen and oxygen atoms in total. The van der Waals surface area contributed by atoms with Gasteiger partial charge in [0.05, 0.1) is 13.7 Å². The first kappa shape index (κ1) is 25.5. The molecule has 164 valence electrons. The van der Waals surface area contributed by atoms with Crippen molar-refractivity contribution in [2.24, 2.45) is 4.99 Å². The second-order valence-corrected chi connectivity index (χ2v) is 6.23. The molecule has 0 saturated heterocycles. The van der Waals surface area contributed by atoms with Crippen molar-refractivity contribution >= 4 is 35.8 Å². The number of ether oxygens (including phenoxy) is 2. The number of hydrogen-bond acceptors (Lipinski definition) is 4. The number of methoxy groups -OCH3 is 1. The summed E-state index contributed by atoms with van der Waals surface area (Å²) < 4.78 is 10.8. The molecule has 8 heteroatoms. The lowest BCUT2D eigenvalue weighted by molar-refractivity contribution is -0.119. The topological polar surface area (TPSA) is 84.0 Å². The van der Waals surface area contributed by atoms with Crippen molar-refractivity contribution in [3.8, 4) is 11.5 Å². The summed E-state index contributed by atoms with van der Waals surface area (Å²) in [5.74, 6) is 2.04. The summed E-state index contributed by atoms with van der Waals surface area (Å²) in [5.41, 5.74) is 1.20. The molecule has 0 unspecified atom stereocenters. The number of aliphatic imine (C=N–C) groups is 1. The van der Waals surface area contributed by atoms with E-state index in [1.54, 1.807) is 7.11 Å². The Labute approximate surface area is 195 Å². The Bertz CT molecular complexity index is 755. The average molecular weight is 526 g/mol. The molecule has 0 aliphatic heterocycles. The lowest BCUT2D eigenvalue weighted by atomic mass is 10.1. The quantitative estimate of drug-likeness (QED) is 0.182. The van der Waals surface area contributed by atoms with Crippen LogP contribution in [0.4, 0.5) is 0 Å². The van der Waals surface area contributed by atoms with E-state index in [2.05, 4.69) is 20.9 Å². The Morgan fingerprint density at radius 1 is 0.933 bits per heavy atom. The van der Waals surface area contributed by atoms with Crippen molar-refractivity contribution in [1.82, 2.24) is 16.0 Å². The molecule has 30 heavy (non-hydrogen) atoms. The fourth-order valence-electron chi connectivity index (χ4n) is 2.55. The number of nitrogens with one attached hydrogen (secondary N) is 3. The smallest absolute Gasteiger partial charge is 0.241 e. The van der Waals surface area contributed by atoms with E-state index in [0.717, 1.165) is 17.9 Å². The van der Waals surface area contributed by atoms with Crippen molar-refractivity contribution in [1.29, 1.82) is 0 Å². The minimum Gasteiger partial charge on any atom is -0.497 e. The highest BCUT2D eigenvalue weighted by atomic mass is 127. The zero-order valence-corrected chi connectivity index (χ0v) is 19.8. The van der Waals surface area contributed by atoms with Crippen LogP contribution in [0.15, 0.2) is 59.6 Å². The Morgan fingerprint density at radius 3 is 2.30 bits per heavy atom. The van der Waals surface area contributed by atoms with Crippen molar-refractivity contribution < 1.29 is 14.3 Å². The summed E-state index contributed by atoms with van der Waals surface area (Å²) in [5, 5.41) is 9.17. The van der Waals surface area contributed by atoms with Gasteiger partial charge in [0.2, 0.25) is 5.91 Å². The van der Waals surface area contributed by atoms with Gasteiger partial charge in [-0.25, -0.2) is 4.99 Å². The van der Waals surface area contributed by atoms with Gasteiger partial charge in [-0.3, -0.25) is 4.79 Å². The van der Waals surface area contributed by atoms with Crippen molar-refractivity contribution in [3.05, 3.63) is 60.2 Å². The van der Waals surface area contributed by atoms with Crippen LogP contribution in [-0.4, -0.2) is 51.8 Å². The first-order chi connectivity index (χ1) is 14.2. The minimum absolute atomic E-state index is 0. The zero-order valence-electron chi connectivity index (χ0n) is 17.5. The molecule has 0 bridgehead atoms. The maximum atomic E-state index is 12.0. The Kier molecular flexibility index (Phi) is 13.1. The van der Waals surface area contributed by atoms with Crippen LogP contribution in [0.1, 0.15) is 12.5 Å². The summed E-state index contributed by atoms with van der Waals surface area (Å²) in [6.45, 7) is 4.39. The Morgan fingerprint density at radius 2 is 1.63 bits per heavy atom. The largest absolute Gasteiger partial charge is 0.497 e. The first-order valence-electron chi connectivity index (χ1n) is 9.81. The van der Waals surface area contributed by atoms with Gasteiger partial charge in [-0.15, -0.1) is 24.0 Å². The van der Waals surface area contributed by atoms with Crippen LogP contribution in [0.25, 0.3) is 0 Å².